The third-order valence-corrected chi connectivity index (χ3v) is 3.42. The second kappa shape index (κ2) is 7.73. The minimum atomic E-state index is -0.224. The Kier molecular flexibility index (Phi) is 6.63. The first-order valence-electron chi connectivity index (χ1n) is 6.45. The molecule has 0 aliphatic heterocycles. The van der Waals surface area contributed by atoms with E-state index < -0.39 is 0 Å². The molecule has 1 rings (SSSR count). The molecule has 0 fully saturated rings. The average Bonchev–Trinajstić information content (AvgIpc) is 2.36. The van der Waals surface area contributed by atoms with Crippen LogP contribution in [-0.4, -0.2) is 29.9 Å². The van der Waals surface area contributed by atoms with Gasteiger partial charge < -0.3 is 10.2 Å². The molecule has 1 amide bonds. The molecule has 1 N–H and O–H groups in total. The van der Waals surface area contributed by atoms with E-state index in [0.717, 1.165) is 18.7 Å². The molecule has 19 heavy (non-hydrogen) atoms. The van der Waals surface area contributed by atoms with Gasteiger partial charge >= 0.3 is 0 Å². The molecule has 1 aromatic carbocycles. The highest BCUT2D eigenvalue weighted by Gasteiger charge is 2.17. The summed E-state index contributed by atoms with van der Waals surface area (Å²) in [5.74, 6) is 0.109. The highest BCUT2D eigenvalue weighted by molar-refractivity contribution is 6.34. The van der Waals surface area contributed by atoms with Crippen molar-refractivity contribution < 1.29 is 4.79 Å². The average molecular weight is 303 g/mol. The molecule has 0 radical (unpaired) electrons. The highest BCUT2D eigenvalue weighted by atomic mass is 35.5. The summed E-state index contributed by atoms with van der Waals surface area (Å²) in [7, 11) is 0. The molecular formula is C14H20Cl2N2O. The Morgan fingerprint density at radius 2 is 1.74 bits per heavy atom. The first kappa shape index (κ1) is 16.3. The Hall–Kier alpha value is -0.770. The van der Waals surface area contributed by atoms with Crippen LogP contribution in [0.5, 0.6) is 0 Å². The van der Waals surface area contributed by atoms with Crippen LogP contribution in [0.1, 0.15) is 26.3 Å². The number of nitrogens with one attached hydrogen (secondary N) is 1. The van der Waals surface area contributed by atoms with Crippen molar-refractivity contribution in [3.05, 3.63) is 33.8 Å². The molecule has 3 nitrogen and oxygen atoms in total. The van der Waals surface area contributed by atoms with Crippen molar-refractivity contribution in [3.63, 3.8) is 0 Å². The molecule has 1 aromatic rings. The third kappa shape index (κ3) is 5.01. The monoisotopic (exact) mass is 302 g/mol. The molecular weight excluding hydrogens is 283 g/mol. The number of carbonyl (C=O) groups excluding carboxylic acids is 1. The minimum Gasteiger partial charge on any atom is -0.342 e. The SMILES string of the molecule is CCN(CC)C(=O)C(C)NCc1cc(Cl)cc(Cl)c1. The normalized spacial score (nSPS) is 12.3. The number of hydrogen-bond donors (Lipinski definition) is 1. The number of rotatable bonds is 6. The highest BCUT2D eigenvalue weighted by Crippen LogP contribution is 2.18. The third-order valence-electron chi connectivity index (χ3n) is 2.98. The van der Waals surface area contributed by atoms with Gasteiger partial charge in [0.2, 0.25) is 5.91 Å². The van der Waals surface area contributed by atoms with Crippen LogP contribution >= 0.6 is 23.2 Å². The number of benzene rings is 1. The maximum Gasteiger partial charge on any atom is 0.239 e. The lowest BCUT2D eigenvalue weighted by atomic mass is 10.2. The van der Waals surface area contributed by atoms with Crippen molar-refractivity contribution in [3.8, 4) is 0 Å². The van der Waals surface area contributed by atoms with Crippen LogP contribution in [0.2, 0.25) is 10.0 Å². The smallest absolute Gasteiger partial charge is 0.239 e. The van der Waals surface area contributed by atoms with Gasteiger partial charge in [0.25, 0.3) is 0 Å². The van der Waals surface area contributed by atoms with Crippen LogP contribution < -0.4 is 5.32 Å². The Labute approximate surface area is 124 Å². The van der Waals surface area contributed by atoms with Gasteiger partial charge in [0.15, 0.2) is 0 Å². The second-order valence-electron chi connectivity index (χ2n) is 4.39. The van der Waals surface area contributed by atoms with Crippen LogP contribution in [0, 0.1) is 0 Å². The van der Waals surface area contributed by atoms with E-state index in [1.807, 2.05) is 37.8 Å². The summed E-state index contributed by atoms with van der Waals surface area (Å²) in [6.07, 6.45) is 0. The summed E-state index contributed by atoms with van der Waals surface area (Å²) in [6, 6.07) is 5.15. The summed E-state index contributed by atoms with van der Waals surface area (Å²) in [5.41, 5.74) is 0.969. The van der Waals surface area contributed by atoms with Gasteiger partial charge in [0.05, 0.1) is 6.04 Å². The number of hydrogen-bond acceptors (Lipinski definition) is 2. The fourth-order valence-electron chi connectivity index (χ4n) is 1.88. The summed E-state index contributed by atoms with van der Waals surface area (Å²) >= 11 is 11.9. The summed E-state index contributed by atoms with van der Waals surface area (Å²) in [5, 5.41) is 4.40. The van der Waals surface area contributed by atoms with E-state index in [9.17, 15) is 4.79 Å². The van der Waals surface area contributed by atoms with E-state index in [1.165, 1.54) is 0 Å². The zero-order valence-electron chi connectivity index (χ0n) is 11.5. The number of halogens is 2. The lowest BCUT2D eigenvalue weighted by Gasteiger charge is -2.23. The van der Waals surface area contributed by atoms with Crippen LogP contribution in [0.25, 0.3) is 0 Å². The number of likely N-dealkylation sites (N-methyl/N-ethyl adjacent to an activating group) is 1. The van der Waals surface area contributed by atoms with Crippen molar-refractivity contribution in [2.24, 2.45) is 0 Å². The zero-order valence-corrected chi connectivity index (χ0v) is 13.1. The molecule has 0 aliphatic carbocycles. The lowest BCUT2D eigenvalue weighted by molar-refractivity contribution is -0.132. The van der Waals surface area contributed by atoms with E-state index in [2.05, 4.69) is 5.32 Å². The first-order valence-corrected chi connectivity index (χ1v) is 7.20. The van der Waals surface area contributed by atoms with Crippen LogP contribution in [0.4, 0.5) is 0 Å². The number of amides is 1. The molecule has 0 saturated carbocycles. The van der Waals surface area contributed by atoms with Crippen molar-refractivity contribution in [2.45, 2.75) is 33.4 Å². The molecule has 0 aromatic heterocycles. The Bertz CT molecular complexity index is 413. The molecule has 0 saturated heterocycles. The van der Waals surface area contributed by atoms with Gasteiger partial charge in [-0.25, -0.2) is 0 Å². The largest absolute Gasteiger partial charge is 0.342 e. The molecule has 5 heteroatoms. The topological polar surface area (TPSA) is 32.3 Å². The maximum atomic E-state index is 12.1. The van der Waals surface area contributed by atoms with Crippen LogP contribution in [0.15, 0.2) is 18.2 Å². The van der Waals surface area contributed by atoms with Crippen molar-refractivity contribution in [1.29, 1.82) is 0 Å². The molecule has 0 aliphatic rings. The van der Waals surface area contributed by atoms with Gasteiger partial charge in [-0.3, -0.25) is 4.79 Å². The first-order chi connectivity index (χ1) is 8.97. The predicted molar refractivity (Wildman–Crippen MR) is 80.7 cm³/mol. The van der Waals surface area contributed by atoms with Gasteiger partial charge in [-0.2, -0.15) is 0 Å². The Morgan fingerprint density at radius 1 is 1.21 bits per heavy atom. The van der Waals surface area contributed by atoms with Crippen molar-refractivity contribution in [2.75, 3.05) is 13.1 Å². The van der Waals surface area contributed by atoms with E-state index in [-0.39, 0.29) is 11.9 Å². The van der Waals surface area contributed by atoms with Crippen LogP contribution in [0.3, 0.4) is 0 Å². The lowest BCUT2D eigenvalue weighted by Crippen LogP contribution is -2.44. The predicted octanol–water partition coefficient (Wildman–Crippen LogP) is 3.34. The summed E-state index contributed by atoms with van der Waals surface area (Å²) < 4.78 is 0. The maximum absolute atomic E-state index is 12.1. The summed E-state index contributed by atoms with van der Waals surface area (Å²) in [4.78, 5) is 13.9. The summed E-state index contributed by atoms with van der Waals surface area (Å²) in [6.45, 7) is 7.84. The standard InChI is InChI=1S/C14H20Cl2N2O/c1-4-18(5-2)14(19)10(3)17-9-11-6-12(15)8-13(16)7-11/h6-8,10,17H,4-5,9H2,1-3H3. The van der Waals surface area contributed by atoms with E-state index >= 15 is 0 Å². The van der Waals surface area contributed by atoms with Crippen molar-refractivity contribution in [1.82, 2.24) is 10.2 Å². The molecule has 0 heterocycles. The van der Waals surface area contributed by atoms with Gasteiger partial charge in [-0.1, -0.05) is 23.2 Å². The molecule has 1 unspecified atom stereocenters. The van der Waals surface area contributed by atoms with E-state index in [0.29, 0.717) is 16.6 Å². The molecule has 0 bridgehead atoms. The molecule has 0 spiro atoms. The van der Waals surface area contributed by atoms with Gasteiger partial charge in [0.1, 0.15) is 0 Å². The zero-order chi connectivity index (χ0) is 14.4. The van der Waals surface area contributed by atoms with E-state index in [1.54, 1.807) is 6.07 Å². The molecule has 106 valence electrons. The quantitative estimate of drug-likeness (QED) is 0.874. The van der Waals surface area contributed by atoms with Gasteiger partial charge in [0, 0.05) is 29.7 Å². The number of carbonyl (C=O) groups is 1. The molecule has 1 atom stereocenters. The van der Waals surface area contributed by atoms with E-state index in [4.69, 9.17) is 23.2 Å². The number of nitrogens with zero attached hydrogens (tertiary/aromatic N) is 1. The van der Waals surface area contributed by atoms with Crippen LogP contribution in [-0.2, 0) is 11.3 Å². The van der Waals surface area contributed by atoms with Gasteiger partial charge in [-0.15, -0.1) is 0 Å². The fourth-order valence-corrected chi connectivity index (χ4v) is 2.45. The van der Waals surface area contributed by atoms with Gasteiger partial charge in [-0.05, 0) is 44.5 Å². The second-order valence-corrected chi connectivity index (χ2v) is 5.26. The minimum absolute atomic E-state index is 0.109. The van der Waals surface area contributed by atoms with Crippen molar-refractivity contribution >= 4 is 29.1 Å². The fraction of sp³-hybridized carbons (Fsp3) is 0.500. The Balaban J connectivity index is 2.58. The Morgan fingerprint density at radius 3 is 2.21 bits per heavy atom.